The van der Waals surface area contributed by atoms with Gasteiger partial charge in [0.2, 0.25) is 0 Å². The number of carboxylic acids is 1. The van der Waals surface area contributed by atoms with Gasteiger partial charge in [0.15, 0.2) is 33.6 Å². The molecular formula is C30H27F2NO7S2. The standard InChI is InChI=1S/C30H27F2NO7S2/c31-26-15(10-20(35)36)22-16(27(32)42-28(22)41-26)11-21(37)39-18-4-3-14-9-19-30(38)6-5-17(34)25-29(30,23(14)24(18)40-25)7-8-33(19)12-13-1-2-13/h3-4,13,19,25,38H,1-2,5-12H2,(H,35,36)/t19-,25+,29+,30-/m1/s1. The zero-order valence-electron chi connectivity index (χ0n) is 22.4. The fourth-order valence-electron chi connectivity index (χ4n) is 8.14. The number of aliphatic carboxylic acids is 1. The highest BCUT2D eigenvalue weighted by molar-refractivity contribution is 7.37. The van der Waals surface area contributed by atoms with Crippen LogP contribution >= 0.6 is 22.7 Å². The highest BCUT2D eigenvalue weighted by atomic mass is 32.2. The fourth-order valence-corrected chi connectivity index (χ4v) is 10.4. The minimum Gasteiger partial charge on any atom is -0.481 e. The molecule has 3 fully saturated rings. The normalized spacial score (nSPS) is 29.5. The molecule has 0 amide bonds. The first-order valence-electron chi connectivity index (χ1n) is 14.2. The Kier molecular flexibility index (Phi) is 5.74. The Labute approximate surface area is 246 Å². The SMILES string of the molecule is O=C(O)Cc1c(F)sc2sc(F)c(CC(=O)Oc3ccc4c5c3O[C@H]3C(=O)CC[C@@]6(O)[C@@H](C4)N(CC4CC4)CC[C@]536)c12. The maximum Gasteiger partial charge on any atom is 0.315 e. The van der Waals surface area contributed by atoms with E-state index in [-0.39, 0.29) is 50.3 Å². The highest BCUT2D eigenvalue weighted by Crippen LogP contribution is 2.65. The lowest BCUT2D eigenvalue weighted by molar-refractivity contribution is -0.188. The van der Waals surface area contributed by atoms with Gasteiger partial charge in [-0.1, -0.05) is 28.7 Å². The van der Waals surface area contributed by atoms with Crippen LogP contribution in [0.25, 0.3) is 9.40 Å². The van der Waals surface area contributed by atoms with Crippen LogP contribution in [-0.2, 0) is 39.1 Å². The highest BCUT2D eigenvalue weighted by Gasteiger charge is 2.73. The number of aliphatic hydroxyl groups is 1. The van der Waals surface area contributed by atoms with Crippen LogP contribution in [0, 0.1) is 16.2 Å². The lowest BCUT2D eigenvalue weighted by Gasteiger charge is -2.62. The second-order valence-electron chi connectivity index (χ2n) is 12.3. The maximum atomic E-state index is 14.9. The van der Waals surface area contributed by atoms with E-state index in [2.05, 4.69) is 4.90 Å². The molecule has 0 unspecified atom stereocenters. The summed E-state index contributed by atoms with van der Waals surface area (Å²) in [6.45, 7) is 1.68. The van der Waals surface area contributed by atoms with Crippen molar-refractivity contribution in [2.45, 2.75) is 74.5 Å². The number of esters is 1. The maximum absolute atomic E-state index is 14.9. The number of fused-ring (bicyclic) bond motifs is 1. The van der Waals surface area contributed by atoms with Crippen molar-refractivity contribution in [3.8, 4) is 11.5 Å². The summed E-state index contributed by atoms with van der Waals surface area (Å²) in [5, 5.41) is 20.3. The molecule has 220 valence electrons. The third-order valence-electron chi connectivity index (χ3n) is 10.1. The van der Waals surface area contributed by atoms with Gasteiger partial charge in [0.05, 0.1) is 27.9 Å². The number of hydrogen-bond donors (Lipinski definition) is 2. The van der Waals surface area contributed by atoms with Crippen molar-refractivity contribution in [2.24, 2.45) is 5.92 Å². The molecule has 4 heterocycles. The largest absolute Gasteiger partial charge is 0.481 e. The van der Waals surface area contributed by atoms with Crippen LogP contribution in [0.4, 0.5) is 8.78 Å². The number of halogens is 2. The molecule has 1 aromatic carbocycles. The van der Waals surface area contributed by atoms with Gasteiger partial charge in [-0.25, -0.2) is 0 Å². The number of benzene rings is 1. The zero-order chi connectivity index (χ0) is 29.1. The van der Waals surface area contributed by atoms with Crippen LogP contribution < -0.4 is 9.47 Å². The summed E-state index contributed by atoms with van der Waals surface area (Å²) in [7, 11) is 0. The van der Waals surface area contributed by atoms with Gasteiger partial charge < -0.3 is 19.7 Å². The number of nitrogens with zero attached hydrogens (tertiary/aromatic N) is 1. The minimum atomic E-state index is -1.26. The first-order valence-corrected chi connectivity index (χ1v) is 15.9. The monoisotopic (exact) mass is 615 g/mol. The third kappa shape index (κ3) is 3.58. The van der Waals surface area contributed by atoms with Crippen LogP contribution in [0.1, 0.15) is 54.4 Å². The van der Waals surface area contributed by atoms with Crippen molar-refractivity contribution < 1.29 is 42.9 Å². The molecule has 8 rings (SSSR count). The summed E-state index contributed by atoms with van der Waals surface area (Å²) in [6.07, 6.45) is 2.06. The van der Waals surface area contributed by atoms with E-state index in [1.807, 2.05) is 6.07 Å². The predicted molar refractivity (Wildman–Crippen MR) is 148 cm³/mol. The summed E-state index contributed by atoms with van der Waals surface area (Å²) < 4.78 is 41.7. The number of piperidine rings is 1. The molecule has 42 heavy (non-hydrogen) atoms. The molecule has 3 aliphatic carbocycles. The van der Waals surface area contributed by atoms with E-state index in [0.29, 0.717) is 47.9 Å². The number of likely N-dealkylation sites (tertiary alicyclic amines) is 1. The number of rotatable bonds is 7. The molecule has 12 heteroatoms. The van der Waals surface area contributed by atoms with E-state index in [0.717, 1.165) is 24.2 Å². The van der Waals surface area contributed by atoms with E-state index in [9.17, 15) is 33.4 Å². The molecule has 8 nitrogen and oxygen atoms in total. The number of carbonyl (C=O) groups is 3. The number of ketones is 1. The van der Waals surface area contributed by atoms with E-state index in [1.165, 1.54) is 12.8 Å². The average molecular weight is 616 g/mol. The van der Waals surface area contributed by atoms with Gasteiger partial charge in [-0.15, -0.1) is 0 Å². The van der Waals surface area contributed by atoms with E-state index < -0.39 is 52.2 Å². The van der Waals surface area contributed by atoms with Crippen molar-refractivity contribution in [3.05, 3.63) is 44.6 Å². The Morgan fingerprint density at radius 2 is 1.86 bits per heavy atom. The molecule has 0 radical (unpaired) electrons. The summed E-state index contributed by atoms with van der Waals surface area (Å²) in [4.78, 5) is 40.2. The zero-order valence-corrected chi connectivity index (χ0v) is 24.0. The molecule has 2 N–H and O–H groups in total. The van der Waals surface area contributed by atoms with E-state index >= 15 is 0 Å². The summed E-state index contributed by atoms with van der Waals surface area (Å²) in [6, 6.07) is 3.35. The summed E-state index contributed by atoms with van der Waals surface area (Å²) in [5.41, 5.74) is -0.629. The Bertz CT molecular complexity index is 1710. The Morgan fingerprint density at radius 1 is 1.12 bits per heavy atom. The van der Waals surface area contributed by atoms with Gasteiger partial charge in [-0.3, -0.25) is 19.3 Å². The number of hydrogen-bond acceptors (Lipinski definition) is 9. The average Bonchev–Trinajstić information content (AvgIpc) is 3.51. The Hall–Kier alpha value is -2.93. The van der Waals surface area contributed by atoms with Gasteiger partial charge in [-0.05, 0) is 56.2 Å². The Balaban J connectivity index is 1.15. The molecular weight excluding hydrogens is 588 g/mol. The van der Waals surface area contributed by atoms with Gasteiger partial charge >= 0.3 is 11.9 Å². The molecule has 1 spiro atoms. The molecule has 4 atom stereocenters. The van der Waals surface area contributed by atoms with Crippen LogP contribution in [0.5, 0.6) is 11.5 Å². The first-order chi connectivity index (χ1) is 20.1. The lowest BCUT2D eigenvalue weighted by Crippen LogP contribution is -2.76. The first kappa shape index (κ1) is 26.7. The topological polar surface area (TPSA) is 113 Å². The van der Waals surface area contributed by atoms with E-state index in [4.69, 9.17) is 9.47 Å². The van der Waals surface area contributed by atoms with Crippen molar-refractivity contribution in [1.82, 2.24) is 4.90 Å². The van der Waals surface area contributed by atoms with Crippen LogP contribution in [-0.4, -0.2) is 63.7 Å². The van der Waals surface area contributed by atoms with Gasteiger partial charge in [0, 0.05) is 41.1 Å². The number of carboxylic acid groups (broad SMARTS) is 1. The number of ether oxygens (including phenoxy) is 2. The van der Waals surface area contributed by atoms with Gasteiger partial charge in [-0.2, -0.15) is 8.78 Å². The second-order valence-corrected chi connectivity index (χ2v) is 14.5. The number of Topliss-reactive ketones (excluding diaryl/α,β-unsaturated/α-hetero) is 1. The van der Waals surface area contributed by atoms with Gasteiger partial charge in [0.25, 0.3) is 0 Å². The number of thiophene rings is 2. The molecule has 3 aromatic rings. The molecule has 2 aliphatic heterocycles. The summed E-state index contributed by atoms with van der Waals surface area (Å²) in [5.74, 6) is -1.16. The molecule has 2 saturated carbocycles. The van der Waals surface area contributed by atoms with Crippen LogP contribution in [0.2, 0.25) is 0 Å². The lowest BCUT2D eigenvalue weighted by atomic mass is 9.49. The third-order valence-corrected chi connectivity index (χ3v) is 12.2. The molecule has 2 aromatic heterocycles. The van der Waals surface area contributed by atoms with Crippen molar-refractivity contribution >= 4 is 49.8 Å². The van der Waals surface area contributed by atoms with Crippen molar-refractivity contribution in [1.29, 1.82) is 0 Å². The van der Waals surface area contributed by atoms with Crippen molar-refractivity contribution in [3.63, 3.8) is 0 Å². The molecule has 1 saturated heterocycles. The second kappa shape index (κ2) is 9.04. The van der Waals surface area contributed by atoms with Crippen molar-refractivity contribution in [2.75, 3.05) is 13.1 Å². The quantitative estimate of drug-likeness (QED) is 0.301. The van der Waals surface area contributed by atoms with Gasteiger partial charge in [0.1, 0.15) is 0 Å². The van der Waals surface area contributed by atoms with Crippen LogP contribution in [0.15, 0.2) is 12.1 Å². The summed E-state index contributed by atoms with van der Waals surface area (Å²) >= 11 is 1.32. The Morgan fingerprint density at radius 3 is 2.57 bits per heavy atom. The van der Waals surface area contributed by atoms with E-state index in [1.54, 1.807) is 6.07 Å². The predicted octanol–water partition coefficient (Wildman–Crippen LogP) is 4.15. The smallest absolute Gasteiger partial charge is 0.315 e. The number of carbonyl (C=O) groups excluding carboxylic acids is 2. The molecule has 5 aliphatic rings. The minimum absolute atomic E-state index is 0.0800. The molecule has 2 bridgehead atoms. The van der Waals surface area contributed by atoms with Crippen LogP contribution in [0.3, 0.4) is 0 Å². The fraction of sp³-hybridized carbons (Fsp3) is 0.500.